The molecule has 0 amide bonds. The van der Waals surface area contributed by atoms with Crippen molar-refractivity contribution in [3.8, 4) is 11.4 Å². The highest BCUT2D eigenvalue weighted by atomic mass is 35.5. The van der Waals surface area contributed by atoms with Gasteiger partial charge in [0, 0.05) is 41.6 Å². The van der Waals surface area contributed by atoms with Gasteiger partial charge in [-0.05, 0) is 78.0 Å². The van der Waals surface area contributed by atoms with Crippen molar-refractivity contribution in [1.82, 2.24) is 24.6 Å². The number of fused-ring (bicyclic) bond motifs is 4. The zero-order valence-electron chi connectivity index (χ0n) is 20.3. The SMILES string of the molecule is O=S(=O)(c1cccc2nonc12)N1CCN(c2nc(-c3ccc(Cl)cc3)nc3sc4c(c23)CCCC4)CC1. The Kier molecular flexibility index (Phi) is 5.84. The van der Waals surface area contributed by atoms with Gasteiger partial charge in [-0.3, -0.25) is 0 Å². The molecule has 9 nitrogen and oxygen atoms in total. The third-order valence-electron chi connectivity index (χ3n) is 7.30. The summed E-state index contributed by atoms with van der Waals surface area (Å²) in [6.07, 6.45) is 4.44. The normalized spacial score (nSPS) is 16.8. The fraction of sp³-hybridized carbons (Fsp3) is 0.308. The minimum absolute atomic E-state index is 0.117. The average molecular weight is 567 g/mol. The lowest BCUT2D eigenvalue weighted by Gasteiger charge is -2.35. The molecule has 1 saturated heterocycles. The van der Waals surface area contributed by atoms with Gasteiger partial charge >= 0.3 is 0 Å². The summed E-state index contributed by atoms with van der Waals surface area (Å²) in [5, 5.41) is 9.40. The highest BCUT2D eigenvalue weighted by Gasteiger charge is 2.33. The van der Waals surface area contributed by atoms with Crippen molar-refractivity contribution in [2.75, 3.05) is 31.1 Å². The second-order valence-electron chi connectivity index (χ2n) is 9.55. The molecule has 0 radical (unpaired) electrons. The van der Waals surface area contributed by atoms with Crippen LogP contribution in [0.25, 0.3) is 32.6 Å². The molecule has 0 N–H and O–H groups in total. The van der Waals surface area contributed by atoms with Crippen LogP contribution in [0.4, 0.5) is 5.82 Å². The smallest absolute Gasteiger partial charge is 0.245 e. The van der Waals surface area contributed by atoms with E-state index in [9.17, 15) is 8.42 Å². The van der Waals surface area contributed by atoms with Gasteiger partial charge in [-0.15, -0.1) is 11.3 Å². The van der Waals surface area contributed by atoms with Crippen molar-refractivity contribution >= 4 is 60.0 Å². The maximum atomic E-state index is 13.5. The Bertz CT molecular complexity index is 1780. The molecule has 0 atom stereocenters. The number of hydrogen-bond acceptors (Lipinski definition) is 9. The molecule has 0 spiro atoms. The molecular formula is C26H23ClN6O3S2. The molecule has 3 aromatic heterocycles. The number of sulfonamides is 1. The molecule has 1 aliphatic heterocycles. The van der Waals surface area contributed by atoms with Crippen LogP contribution in [0, 0.1) is 0 Å². The largest absolute Gasteiger partial charge is 0.353 e. The standard InChI is InChI=1S/C26H23ClN6O3S2/c27-17-10-8-16(9-11-17)24-28-25(22-18-4-1-2-6-20(18)37-26(22)29-24)32-12-14-33(15-13-32)38(34,35)21-7-3-5-19-23(21)31-36-30-19/h3,5,7-11H,1-2,4,6,12-15H2. The topological polar surface area (TPSA) is 105 Å². The van der Waals surface area contributed by atoms with Crippen LogP contribution < -0.4 is 4.90 Å². The first-order valence-corrected chi connectivity index (χ1v) is 15.2. The second-order valence-corrected chi connectivity index (χ2v) is 13.0. The van der Waals surface area contributed by atoms with E-state index in [-0.39, 0.29) is 10.4 Å². The molecule has 194 valence electrons. The summed E-state index contributed by atoms with van der Waals surface area (Å²) in [5.41, 5.74) is 2.93. The van der Waals surface area contributed by atoms with Crippen LogP contribution >= 0.6 is 22.9 Å². The third kappa shape index (κ3) is 3.96. The van der Waals surface area contributed by atoms with E-state index in [1.807, 2.05) is 24.3 Å². The van der Waals surface area contributed by atoms with Gasteiger partial charge in [0.1, 0.15) is 21.1 Å². The van der Waals surface area contributed by atoms with Crippen LogP contribution in [0.3, 0.4) is 0 Å². The fourth-order valence-corrected chi connectivity index (χ4v) is 8.30. The molecule has 4 heterocycles. The minimum atomic E-state index is -3.76. The van der Waals surface area contributed by atoms with E-state index in [1.54, 1.807) is 29.5 Å². The maximum absolute atomic E-state index is 13.5. The third-order valence-corrected chi connectivity index (χ3v) is 10.7. The van der Waals surface area contributed by atoms with Gasteiger partial charge in [0.25, 0.3) is 0 Å². The Morgan fingerprint density at radius 1 is 0.921 bits per heavy atom. The van der Waals surface area contributed by atoms with Crippen molar-refractivity contribution in [2.24, 2.45) is 0 Å². The fourth-order valence-electron chi connectivity index (χ4n) is 5.36. The molecule has 7 rings (SSSR count). The van der Waals surface area contributed by atoms with Gasteiger partial charge < -0.3 is 4.90 Å². The monoisotopic (exact) mass is 566 g/mol. The predicted octanol–water partition coefficient (Wildman–Crippen LogP) is 4.94. The van der Waals surface area contributed by atoms with Crippen molar-refractivity contribution in [3.05, 3.63) is 57.9 Å². The van der Waals surface area contributed by atoms with Crippen LogP contribution in [-0.2, 0) is 22.9 Å². The average Bonchev–Trinajstić information content (AvgIpc) is 3.57. The van der Waals surface area contributed by atoms with Crippen molar-refractivity contribution < 1.29 is 13.0 Å². The highest BCUT2D eigenvalue weighted by Crippen LogP contribution is 2.41. The number of thiophene rings is 1. The van der Waals surface area contributed by atoms with Gasteiger partial charge in [0.2, 0.25) is 10.0 Å². The maximum Gasteiger partial charge on any atom is 0.245 e. The van der Waals surface area contributed by atoms with E-state index in [4.69, 9.17) is 26.2 Å². The van der Waals surface area contributed by atoms with Crippen molar-refractivity contribution in [3.63, 3.8) is 0 Å². The Hall–Kier alpha value is -3.12. The van der Waals surface area contributed by atoms with E-state index in [0.29, 0.717) is 42.5 Å². The van der Waals surface area contributed by atoms with Crippen LogP contribution in [0.5, 0.6) is 0 Å². The lowest BCUT2D eigenvalue weighted by atomic mass is 9.96. The Morgan fingerprint density at radius 3 is 2.53 bits per heavy atom. The quantitative estimate of drug-likeness (QED) is 0.301. The molecule has 0 saturated carbocycles. The lowest BCUT2D eigenvalue weighted by Crippen LogP contribution is -2.49. The summed E-state index contributed by atoms with van der Waals surface area (Å²) < 4.78 is 33.4. The molecule has 2 aliphatic rings. The number of piperazine rings is 1. The number of benzene rings is 2. The summed E-state index contributed by atoms with van der Waals surface area (Å²) in [6, 6.07) is 12.5. The Balaban J connectivity index is 1.25. The number of rotatable bonds is 4. The molecule has 0 unspecified atom stereocenters. The predicted molar refractivity (Wildman–Crippen MR) is 147 cm³/mol. The summed E-state index contributed by atoms with van der Waals surface area (Å²) in [6.45, 7) is 1.70. The first kappa shape index (κ1) is 24.0. The van der Waals surface area contributed by atoms with Gasteiger partial charge in [0.05, 0.1) is 5.39 Å². The molecule has 2 aromatic carbocycles. The number of nitrogens with zero attached hydrogens (tertiary/aromatic N) is 6. The number of anilines is 1. The second kappa shape index (κ2) is 9.26. The first-order chi connectivity index (χ1) is 18.5. The van der Waals surface area contributed by atoms with Gasteiger partial charge in [-0.1, -0.05) is 17.7 Å². The molecule has 1 aliphatic carbocycles. The molecule has 12 heteroatoms. The molecular weight excluding hydrogens is 544 g/mol. The van der Waals surface area contributed by atoms with Gasteiger partial charge in [0.15, 0.2) is 11.3 Å². The highest BCUT2D eigenvalue weighted by molar-refractivity contribution is 7.89. The van der Waals surface area contributed by atoms with Crippen LogP contribution in [0.2, 0.25) is 5.02 Å². The number of aryl methyl sites for hydroxylation is 2. The zero-order valence-corrected chi connectivity index (χ0v) is 22.7. The number of halogens is 1. The van der Waals surface area contributed by atoms with E-state index in [1.165, 1.54) is 21.2 Å². The van der Waals surface area contributed by atoms with Crippen LogP contribution in [0.1, 0.15) is 23.3 Å². The minimum Gasteiger partial charge on any atom is -0.353 e. The number of aromatic nitrogens is 4. The summed E-state index contributed by atoms with van der Waals surface area (Å²) in [4.78, 5) is 14.7. The molecule has 1 fully saturated rings. The first-order valence-electron chi connectivity index (χ1n) is 12.5. The molecule has 5 aromatic rings. The summed E-state index contributed by atoms with van der Waals surface area (Å²) in [7, 11) is -3.76. The Labute approximate surface area is 228 Å². The van der Waals surface area contributed by atoms with Crippen molar-refractivity contribution in [1.29, 1.82) is 0 Å². The van der Waals surface area contributed by atoms with Crippen LogP contribution in [-0.4, -0.2) is 59.2 Å². The van der Waals surface area contributed by atoms with E-state index < -0.39 is 10.0 Å². The summed E-state index contributed by atoms with van der Waals surface area (Å²) >= 11 is 7.88. The van der Waals surface area contributed by atoms with E-state index in [2.05, 4.69) is 15.2 Å². The molecule has 38 heavy (non-hydrogen) atoms. The van der Waals surface area contributed by atoms with E-state index >= 15 is 0 Å². The van der Waals surface area contributed by atoms with E-state index in [0.717, 1.165) is 40.9 Å². The lowest BCUT2D eigenvalue weighted by molar-refractivity contribution is 0.315. The zero-order chi connectivity index (χ0) is 25.9. The van der Waals surface area contributed by atoms with Crippen molar-refractivity contribution in [2.45, 2.75) is 30.6 Å². The Morgan fingerprint density at radius 2 is 1.71 bits per heavy atom. The number of hydrogen-bond donors (Lipinski definition) is 0. The molecule has 0 bridgehead atoms. The van der Waals surface area contributed by atoms with Gasteiger partial charge in [-0.25, -0.2) is 23.0 Å². The van der Waals surface area contributed by atoms with Gasteiger partial charge in [-0.2, -0.15) is 4.31 Å². The summed E-state index contributed by atoms with van der Waals surface area (Å²) in [5.74, 6) is 1.54. The van der Waals surface area contributed by atoms with Crippen LogP contribution in [0.15, 0.2) is 52.0 Å².